The third-order valence-corrected chi connectivity index (χ3v) is 3.78. The molecule has 10 heteroatoms. The minimum Gasteiger partial charge on any atom is -0.408 e. The van der Waals surface area contributed by atoms with Crippen LogP contribution in [0.3, 0.4) is 0 Å². The van der Waals surface area contributed by atoms with Crippen molar-refractivity contribution in [3.05, 3.63) is 35.0 Å². The van der Waals surface area contributed by atoms with Crippen LogP contribution in [0.4, 0.5) is 23.6 Å². The first kappa shape index (κ1) is 17.5. The molecule has 23 heavy (non-hydrogen) atoms. The van der Waals surface area contributed by atoms with Crippen molar-refractivity contribution in [3.63, 3.8) is 0 Å². The van der Waals surface area contributed by atoms with Gasteiger partial charge in [-0.3, -0.25) is 0 Å². The van der Waals surface area contributed by atoms with Gasteiger partial charge in [0.1, 0.15) is 5.82 Å². The molecule has 2 aromatic rings. The Hall–Kier alpha value is -1.81. The van der Waals surface area contributed by atoms with Crippen molar-refractivity contribution in [2.24, 2.45) is 0 Å². The number of aromatic nitrogens is 2. The van der Waals surface area contributed by atoms with Crippen molar-refractivity contribution in [1.82, 2.24) is 10.2 Å². The first-order chi connectivity index (χ1) is 10.7. The number of alkyl halides is 3. The van der Waals surface area contributed by atoms with Crippen LogP contribution >= 0.6 is 11.8 Å². The van der Waals surface area contributed by atoms with Gasteiger partial charge < -0.3 is 14.8 Å². The number of nitrogens with zero attached hydrogens (tertiary/aromatic N) is 2. The highest BCUT2D eigenvalue weighted by atomic mass is 32.2. The Balaban J connectivity index is 2.37. The van der Waals surface area contributed by atoms with E-state index in [1.165, 1.54) is 6.92 Å². The van der Waals surface area contributed by atoms with Crippen molar-refractivity contribution in [3.8, 4) is 0 Å². The first-order valence-electron chi connectivity index (χ1n) is 6.51. The summed E-state index contributed by atoms with van der Waals surface area (Å²) in [5.74, 6) is -0.673. The number of thioether (sulfide) groups is 1. The van der Waals surface area contributed by atoms with Crippen LogP contribution in [0.25, 0.3) is 0 Å². The van der Waals surface area contributed by atoms with E-state index in [1.54, 1.807) is 6.92 Å². The number of aliphatic hydroxyl groups is 1. The Morgan fingerprint density at radius 2 is 2.04 bits per heavy atom. The summed E-state index contributed by atoms with van der Waals surface area (Å²) in [5.41, 5.74) is -1.42. The predicted octanol–water partition coefficient (Wildman–Crippen LogP) is 3.75. The average Bonchev–Trinajstić information content (AvgIpc) is 2.85. The van der Waals surface area contributed by atoms with E-state index in [9.17, 15) is 22.7 Å². The van der Waals surface area contributed by atoms with Crippen LogP contribution in [0.5, 0.6) is 0 Å². The monoisotopic (exact) mass is 351 g/mol. The van der Waals surface area contributed by atoms with Crippen LogP contribution in [-0.4, -0.2) is 21.1 Å². The number of nitrogens with one attached hydrogen (secondary N) is 1. The molecule has 2 N–H and O–H groups in total. The minimum absolute atomic E-state index is 0.168. The van der Waals surface area contributed by atoms with Gasteiger partial charge in [0.2, 0.25) is 5.89 Å². The Kier molecular flexibility index (Phi) is 5.15. The second-order valence-corrected chi connectivity index (χ2v) is 5.72. The van der Waals surface area contributed by atoms with Gasteiger partial charge in [-0.15, -0.1) is 16.9 Å². The molecule has 126 valence electrons. The maximum absolute atomic E-state index is 14.4. The molecule has 0 amide bonds. The zero-order valence-electron chi connectivity index (χ0n) is 12.1. The summed E-state index contributed by atoms with van der Waals surface area (Å²) in [6.07, 6.45) is -6.31. The Bertz CT molecular complexity index is 690. The van der Waals surface area contributed by atoms with E-state index in [-0.39, 0.29) is 23.2 Å². The van der Waals surface area contributed by atoms with E-state index in [0.717, 1.165) is 12.1 Å². The average molecular weight is 351 g/mol. The molecular formula is C13H13F4N3O2S. The lowest BCUT2D eigenvalue weighted by Crippen LogP contribution is -2.15. The summed E-state index contributed by atoms with van der Waals surface area (Å²) in [6.45, 7) is 3.12. The minimum atomic E-state index is -4.68. The highest BCUT2D eigenvalue weighted by Crippen LogP contribution is 2.40. The Morgan fingerprint density at radius 1 is 1.35 bits per heavy atom. The standard InChI is InChI=1S/C13H13F4N3O2S/c1-3-23-10-8(13(15,16)17)5-4-7(9(10)14)11(21)18-12-20-19-6(2)22-12/h4-5,11,21H,3H2,1-2H3,(H,18,20). The number of aryl methyl sites for hydroxylation is 1. The van der Waals surface area contributed by atoms with Crippen molar-refractivity contribution in [1.29, 1.82) is 0 Å². The molecule has 0 bridgehead atoms. The molecule has 1 aromatic heterocycles. The van der Waals surface area contributed by atoms with Crippen molar-refractivity contribution >= 4 is 17.8 Å². The van der Waals surface area contributed by atoms with E-state index >= 15 is 0 Å². The van der Waals surface area contributed by atoms with Gasteiger partial charge in [0.05, 0.1) is 10.5 Å². The SMILES string of the molecule is CCSc1c(C(F)(F)F)ccc(C(O)Nc2nnc(C)o2)c1F. The summed E-state index contributed by atoms with van der Waals surface area (Å²) in [4.78, 5) is -0.556. The van der Waals surface area contributed by atoms with Gasteiger partial charge in [-0.2, -0.15) is 13.2 Å². The van der Waals surface area contributed by atoms with Gasteiger partial charge in [0.25, 0.3) is 0 Å². The molecule has 1 aromatic carbocycles. The molecule has 0 aliphatic heterocycles. The summed E-state index contributed by atoms with van der Waals surface area (Å²) < 4.78 is 58.2. The maximum atomic E-state index is 14.4. The number of aliphatic hydroxyl groups excluding tert-OH is 1. The summed E-state index contributed by atoms with van der Waals surface area (Å²) >= 11 is 0.712. The fraction of sp³-hybridized carbons (Fsp3) is 0.385. The van der Waals surface area contributed by atoms with E-state index in [4.69, 9.17) is 4.42 Å². The maximum Gasteiger partial charge on any atom is 0.417 e. The molecule has 0 saturated carbocycles. The van der Waals surface area contributed by atoms with Crippen LogP contribution in [0.2, 0.25) is 0 Å². The van der Waals surface area contributed by atoms with E-state index in [1.807, 2.05) is 0 Å². The smallest absolute Gasteiger partial charge is 0.408 e. The molecule has 0 aliphatic rings. The van der Waals surface area contributed by atoms with Gasteiger partial charge in [0.15, 0.2) is 6.23 Å². The van der Waals surface area contributed by atoms with Gasteiger partial charge in [0, 0.05) is 12.5 Å². The summed E-state index contributed by atoms with van der Waals surface area (Å²) in [5, 5.41) is 19.4. The van der Waals surface area contributed by atoms with Gasteiger partial charge in [-0.05, 0) is 11.8 Å². The van der Waals surface area contributed by atoms with Crippen LogP contribution in [0, 0.1) is 12.7 Å². The first-order valence-corrected chi connectivity index (χ1v) is 7.49. The number of benzene rings is 1. The number of rotatable bonds is 5. The fourth-order valence-electron chi connectivity index (χ4n) is 1.84. The molecule has 5 nitrogen and oxygen atoms in total. The molecule has 0 radical (unpaired) electrons. The lowest BCUT2D eigenvalue weighted by molar-refractivity contribution is -0.140. The van der Waals surface area contributed by atoms with Crippen molar-refractivity contribution in [2.75, 3.05) is 11.1 Å². The van der Waals surface area contributed by atoms with Crippen molar-refractivity contribution in [2.45, 2.75) is 31.1 Å². The van der Waals surface area contributed by atoms with E-state index < -0.39 is 28.7 Å². The largest absolute Gasteiger partial charge is 0.417 e. The number of hydrogen-bond acceptors (Lipinski definition) is 6. The highest BCUT2D eigenvalue weighted by molar-refractivity contribution is 7.99. The molecule has 0 fully saturated rings. The van der Waals surface area contributed by atoms with Crippen LogP contribution in [-0.2, 0) is 6.18 Å². The highest BCUT2D eigenvalue weighted by Gasteiger charge is 2.36. The molecule has 1 unspecified atom stereocenters. The fourth-order valence-corrected chi connectivity index (χ4v) is 2.71. The van der Waals surface area contributed by atoms with E-state index in [0.29, 0.717) is 11.8 Å². The number of hydrogen-bond donors (Lipinski definition) is 2. The Morgan fingerprint density at radius 3 is 2.57 bits per heavy atom. The molecule has 0 saturated heterocycles. The Labute approximate surface area is 133 Å². The van der Waals surface area contributed by atoms with Crippen molar-refractivity contribution < 1.29 is 27.1 Å². The topological polar surface area (TPSA) is 71.2 Å². The van der Waals surface area contributed by atoms with Gasteiger partial charge >= 0.3 is 12.2 Å². The molecule has 2 rings (SSSR count). The van der Waals surface area contributed by atoms with Gasteiger partial charge in [-0.25, -0.2) is 4.39 Å². The zero-order chi connectivity index (χ0) is 17.2. The third-order valence-electron chi connectivity index (χ3n) is 2.80. The zero-order valence-corrected chi connectivity index (χ0v) is 12.9. The predicted molar refractivity (Wildman–Crippen MR) is 75.4 cm³/mol. The quantitative estimate of drug-likeness (QED) is 0.486. The second-order valence-electron chi connectivity index (χ2n) is 4.45. The lowest BCUT2D eigenvalue weighted by atomic mass is 10.1. The summed E-state index contributed by atoms with van der Waals surface area (Å²) in [7, 11) is 0. The molecule has 0 spiro atoms. The second kappa shape index (κ2) is 6.75. The normalized spacial score (nSPS) is 13.2. The molecule has 0 aliphatic carbocycles. The number of halogens is 4. The molecule has 1 heterocycles. The van der Waals surface area contributed by atoms with Crippen LogP contribution in [0.15, 0.2) is 21.4 Å². The van der Waals surface area contributed by atoms with Crippen LogP contribution in [0.1, 0.15) is 30.2 Å². The van der Waals surface area contributed by atoms with Crippen LogP contribution < -0.4 is 5.32 Å². The third kappa shape index (κ3) is 3.94. The summed E-state index contributed by atoms with van der Waals surface area (Å²) in [6, 6.07) is 1.44. The van der Waals surface area contributed by atoms with E-state index in [2.05, 4.69) is 15.5 Å². The molecular weight excluding hydrogens is 338 g/mol. The lowest BCUT2D eigenvalue weighted by Gasteiger charge is -2.18. The number of anilines is 1. The molecule has 1 atom stereocenters. The van der Waals surface area contributed by atoms with Gasteiger partial charge in [-0.1, -0.05) is 18.1 Å².